The van der Waals surface area contributed by atoms with E-state index in [-0.39, 0.29) is 18.2 Å². The Bertz CT molecular complexity index is 598. The van der Waals surface area contributed by atoms with Gasteiger partial charge < -0.3 is 14.8 Å². The van der Waals surface area contributed by atoms with E-state index in [0.29, 0.717) is 17.5 Å². The van der Waals surface area contributed by atoms with Crippen molar-refractivity contribution in [2.24, 2.45) is 0 Å². The molecule has 2 aromatic carbocycles. The summed E-state index contributed by atoms with van der Waals surface area (Å²) in [6.07, 6.45) is 4.88. The van der Waals surface area contributed by atoms with Crippen molar-refractivity contribution in [2.45, 2.75) is 31.7 Å². The summed E-state index contributed by atoms with van der Waals surface area (Å²) in [7, 11) is 0. The smallest absolute Gasteiger partial charge is 0.127 e. The Morgan fingerprint density at radius 3 is 2.17 bits per heavy atom. The van der Waals surface area contributed by atoms with Crippen LogP contribution in [-0.4, -0.2) is 19.2 Å². The lowest BCUT2D eigenvalue weighted by atomic mass is 10.0. The van der Waals surface area contributed by atoms with Crippen molar-refractivity contribution >= 4 is 12.4 Å². The van der Waals surface area contributed by atoms with Crippen molar-refractivity contribution in [1.82, 2.24) is 5.32 Å². The molecule has 0 aliphatic carbocycles. The third-order valence-corrected chi connectivity index (χ3v) is 4.02. The molecular weight excluding hydrogens is 329 g/mol. The van der Waals surface area contributed by atoms with E-state index in [1.165, 1.54) is 31.4 Å². The highest BCUT2D eigenvalue weighted by Gasteiger charge is 2.12. The van der Waals surface area contributed by atoms with Crippen LogP contribution in [0.15, 0.2) is 48.5 Å². The fourth-order valence-electron chi connectivity index (χ4n) is 2.73. The van der Waals surface area contributed by atoms with Crippen LogP contribution in [0.1, 0.15) is 25.7 Å². The number of nitrogens with one attached hydrogen (secondary N) is 1. The van der Waals surface area contributed by atoms with E-state index in [1.807, 2.05) is 24.3 Å². The van der Waals surface area contributed by atoms with Gasteiger partial charge in [-0.2, -0.15) is 0 Å². The maximum Gasteiger partial charge on any atom is 0.127 e. The van der Waals surface area contributed by atoms with E-state index in [0.717, 1.165) is 25.3 Å². The molecule has 5 heteroatoms. The second-order valence-corrected chi connectivity index (χ2v) is 5.81. The molecule has 0 aromatic heterocycles. The highest BCUT2D eigenvalue weighted by Crippen LogP contribution is 2.24. The number of piperidine rings is 1. The molecule has 1 heterocycles. The molecule has 24 heavy (non-hydrogen) atoms. The van der Waals surface area contributed by atoms with Crippen LogP contribution in [0.2, 0.25) is 0 Å². The summed E-state index contributed by atoms with van der Waals surface area (Å²) < 4.78 is 24.3. The monoisotopic (exact) mass is 351 g/mol. The molecule has 1 N–H and O–H groups in total. The largest absolute Gasteiger partial charge is 0.494 e. The van der Waals surface area contributed by atoms with Crippen LogP contribution in [-0.2, 0) is 0 Å². The number of ether oxygens (including phenoxy) is 2. The molecule has 2 aromatic rings. The number of benzene rings is 2. The van der Waals surface area contributed by atoms with Gasteiger partial charge in [0.05, 0.1) is 6.61 Å². The van der Waals surface area contributed by atoms with Gasteiger partial charge in [0.15, 0.2) is 0 Å². The Balaban J connectivity index is 0.00000208. The van der Waals surface area contributed by atoms with E-state index in [4.69, 9.17) is 9.47 Å². The first-order valence-electron chi connectivity index (χ1n) is 8.19. The maximum atomic E-state index is 12.9. The normalized spacial score (nSPS) is 17.0. The summed E-state index contributed by atoms with van der Waals surface area (Å²) in [5, 5.41) is 3.52. The van der Waals surface area contributed by atoms with Crippen LogP contribution in [0.3, 0.4) is 0 Å². The van der Waals surface area contributed by atoms with Gasteiger partial charge >= 0.3 is 0 Å². The zero-order valence-electron chi connectivity index (χ0n) is 13.5. The topological polar surface area (TPSA) is 30.5 Å². The van der Waals surface area contributed by atoms with Crippen molar-refractivity contribution in [3.05, 3.63) is 54.3 Å². The van der Waals surface area contributed by atoms with Crippen molar-refractivity contribution in [1.29, 1.82) is 0 Å². The van der Waals surface area contributed by atoms with Crippen LogP contribution in [0.25, 0.3) is 0 Å². The fraction of sp³-hybridized carbons (Fsp3) is 0.368. The Kier molecular flexibility index (Phi) is 7.35. The maximum absolute atomic E-state index is 12.9. The standard InChI is InChI=1S/C19H22FNO2.ClH/c20-15-4-6-18(7-5-15)23-19-10-8-17(9-11-19)22-14-12-16-3-1-2-13-21-16;/h4-11,16,21H,1-3,12-14H2;1H. The first-order chi connectivity index (χ1) is 11.3. The first kappa shape index (κ1) is 18.6. The number of hydrogen-bond acceptors (Lipinski definition) is 3. The highest BCUT2D eigenvalue weighted by atomic mass is 35.5. The second kappa shape index (κ2) is 9.50. The molecule has 1 aliphatic heterocycles. The third-order valence-electron chi connectivity index (χ3n) is 4.02. The van der Waals surface area contributed by atoms with Crippen LogP contribution in [0.5, 0.6) is 17.2 Å². The summed E-state index contributed by atoms with van der Waals surface area (Å²) in [6.45, 7) is 1.84. The zero-order valence-corrected chi connectivity index (χ0v) is 14.4. The van der Waals surface area contributed by atoms with Gasteiger partial charge in [-0.15, -0.1) is 12.4 Å². The van der Waals surface area contributed by atoms with Crippen molar-refractivity contribution < 1.29 is 13.9 Å². The zero-order chi connectivity index (χ0) is 15.9. The Labute approximate surface area is 148 Å². The average molecular weight is 352 g/mol. The van der Waals surface area contributed by atoms with E-state index < -0.39 is 0 Å². The van der Waals surface area contributed by atoms with Gasteiger partial charge in [0.1, 0.15) is 23.1 Å². The molecule has 0 saturated carbocycles. The summed E-state index contributed by atoms with van der Waals surface area (Å²) >= 11 is 0. The molecule has 1 fully saturated rings. The van der Waals surface area contributed by atoms with Gasteiger partial charge in [-0.25, -0.2) is 4.39 Å². The number of hydrogen-bond donors (Lipinski definition) is 1. The minimum Gasteiger partial charge on any atom is -0.494 e. The summed E-state index contributed by atoms with van der Waals surface area (Å²) in [5.41, 5.74) is 0. The predicted octanol–water partition coefficient (Wildman–Crippen LogP) is 4.95. The van der Waals surface area contributed by atoms with Crippen LogP contribution >= 0.6 is 12.4 Å². The summed E-state index contributed by atoms with van der Waals surface area (Å²) in [4.78, 5) is 0. The fourth-order valence-corrected chi connectivity index (χ4v) is 2.73. The SMILES string of the molecule is Cl.Fc1ccc(Oc2ccc(OCCC3CCCCN3)cc2)cc1. The van der Waals surface area contributed by atoms with E-state index in [9.17, 15) is 4.39 Å². The third kappa shape index (κ3) is 5.69. The molecular formula is C19H23ClFNO2. The van der Waals surface area contributed by atoms with Gasteiger partial charge in [0.2, 0.25) is 0 Å². The van der Waals surface area contributed by atoms with E-state index in [2.05, 4.69) is 5.32 Å². The molecule has 3 nitrogen and oxygen atoms in total. The van der Waals surface area contributed by atoms with Gasteiger partial charge in [-0.3, -0.25) is 0 Å². The molecule has 3 rings (SSSR count). The summed E-state index contributed by atoms with van der Waals surface area (Å²) in [6, 6.07) is 14.1. The minimum atomic E-state index is -0.270. The summed E-state index contributed by atoms with van der Waals surface area (Å²) in [5.74, 6) is 1.89. The molecule has 1 unspecified atom stereocenters. The number of halogens is 2. The lowest BCUT2D eigenvalue weighted by Crippen LogP contribution is -2.35. The van der Waals surface area contributed by atoms with Crippen LogP contribution in [0.4, 0.5) is 4.39 Å². The Morgan fingerprint density at radius 2 is 1.54 bits per heavy atom. The lowest BCUT2D eigenvalue weighted by molar-refractivity contribution is 0.268. The Morgan fingerprint density at radius 1 is 0.917 bits per heavy atom. The quantitative estimate of drug-likeness (QED) is 0.798. The van der Waals surface area contributed by atoms with Crippen LogP contribution in [0, 0.1) is 5.82 Å². The lowest BCUT2D eigenvalue weighted by Gasteiger charge is -2.23. The van der Waals surface area contributed by atoms with Gasteiger partial charge in [0, 0.05) is 6.04 Å². The van der Waals surface area contributed by atoms with Gasteiger partial charge in [-0.05, 0) is 74.3 Å². The molecule has 1 atom stereocenters. The molecule has 0 bridgehead atoms. The van der Waals surface area contributed by atoms with Crippen molar-refractivity contribution in [3.63, 3.8) is 0 Å². The van der Waals surface area contributed by atoms with E-state index in [1.54, 1.807) is 12.1 Å². The molecule has 1 aliphatic rings. The average Bonchev–Trinajstić information content (AvgIpc) is 2.59. The molecule has 130 valence electrons. The molecule has 1 saturated heterocycles. The van der Waals surface area contributed by atoms with Crippen molar-refractivity contribution in [3.8, 4) is 17.2 Å². The number of rotatable bonds is 6. The molecule has 0 spiro atoms. The van der Waals surface area contributed by atoms with Gasteiger partial charge in [0.25, 0.3) is 0 Å². The molecule has 0 radical (unpaired) electrons. The van der Waals surface area contributed by atoms with Crippen molar-refractivity contribution in [2.75, 3.05) is 13.2 Å². The Hall–Kier alpha value is -1.78. The van der Waals surface area contributed by atoms with Gasteiger partial charge in [-0.1, -0.05) is 6.42 Å². The highest BCUT2D eigenvalue weighted by molar-refractivity contribution is 5.85. The molecule has 0 amide bonds. The minimum absolute atomic E-state index is 0. The van der Waals surface area contributed by atoms with Crippen LogP contribution < -0.4 is 14.8 Å². The first-order valence-corrected chi connectivity index (χ1v) is 8.19. The predicted molar refractivity (Wildman–Crippen MR) is 95.9 cm³/mol. The van der Waals surface area contributed by atoms with E-state index >= 15 is 0 Å². The second-order valence-electron chi connectivity index (χ2n) is 5.81.